The van der Waals surface area contributed by atoms with Crippen LogP contribution in [0.25, 0.3) is 0 Å². The van der Waals surface area contributed by atoms with Crippen molar-refractivity contribution < 1.29 is 9.47 Å². The van der Waals surface area contributed by atoms with Crippen molar-refractivity contribution in [3.63, 3.8) is 0 Å². The summed E-state index contributed by atoms with van der Waals surface area (Å²) in [5, 5.41) is 6.68. The van der Waals surface area contributed by atoms with Gasteiger partial charge in [-0.25, -0.2) is 0 Å². The average Bonchev–Trinajstić information content (AvgIpc) is 2.66. The second-order valence-corrected chi connectivity index (χ2v) is 6.19. The topological polar surface area (TPSA) is 58.1 Å². The Kier molecular flexibility index (Phi) is 7.85. The number of likely N-dealkylation sites (tertiary alicyclic amines) is 1. The number of rotatable bonds is 7. The Balaban J connectivity index is 2.06. The number of ether oxygens (including phenoxy) is 2. The van der Waals surface area contributed by atoms with Crippen LogP contribution in [0.5, 0.6) is 11.5 Å². The lowest BCUT2D eigenvalue weighted by Gasteiger charge is -2.34. The van der Waals surface area contributed by atoms with Crippen LogP contribution in [-0.4, -0.2) is 57.3 Å². The van der Waals surface area contributed by atoms with E-state index in [0.717, 1.165) is 37.0 Å². The Morgan fingerprint density at radius 1 is 1.20 bits per heavy atom. The number of guanidine groups is 1. The van der Waals surface area contributed by atoms with Gasteiger partial charge in [-0.05, 0) is 45.0 Å². The molecule has 140 valence electrons. The van der Waals surface area contributed by atoms with Crippen molar-refractivity contribution in [1.82, 2.24) is 10.2 Å². The van der Waals surface area contributed by atoms with Gasteiger partial charge in [-0.1, -0.05) is 13.3 Å². The highest BCUT2D eigenvalue weighted by Crippen LogP contribution is 2.29. The third-order valence-corrected chi connectivity index (χ3v) is 4.61. The van der Waals surface area contributed by atoms with Crippen molar-refractivity contribution in [2.45, 2.75) is 39.2 Å². The summed E-state index contributed by atoms with van der Waals surface area (Å²) in [4.78, 5) is 7.34. The lowest BCUT2D eigenvalue weighted by atomic mass is 10.0. The second-order valence-electron chi connectivity index (χ2n) is 6.19. The first-order chi connectivity index (χ1) is 12.2. The highest BCUT2D eigenvalue weighted by atomic mass is 16.5. The number of piperidine rings is 1. The van der Waals surface area contributed by atoms with Gasteiger partial charge in [-0.3, -0.25) is 9.89 Å². The minimum absolute atomic E-state index is 0.541. The van der Waals surface area contributed by atoms with Gasteiger partial charge >= 0.3 is 0 Å². The molecule has 1 aliphatic heterocycles. The van der Waals surface area contributed by atoms with Crippen molar-refractivity contribution in [1.29, 1.82) is 0 Å². The number of hydrogen-bond donors (Lipinski definition) is 2. The summed E-state index contributed by atoms with van der Waals surface area (Å²) in [6, 6.07) is 6.32. The number of methoxy groups -OCH3 is 2. The van der Waals surface area contributed by atoms with Gasteiger partial charge in [0, 0.05) is 24.3 Å². The molecule has 0 radical (unpaired) electrons. The number of nitrogens with one attached hydrogen (secondary N) is 2. The number of benzene rings is 1. The fourth-order valence-corrected chi connectivity index (χ4v) is 3.24. The average molecular weight is 348 g/mol. The molecule has 0 amide bonds. The van der Waals surface area contributed by atoms with E-state index in [9.17, 15) is 0 Å². The first-order valence-electron chi connectivity index (χ1n) is 9.23. The second kappa shape index (κ2) is 10.1. The van der Waals surface area contributed by atoms with Crippen LogP contribution in [0, 0.1) is 0 Å². The third-order valence-electron chi connectivity index (χ3n) is 4.61. The normalized spacial score (nSPS) is 18.7. The first-order valence-corrected chi connectivity index (χ1v) is 9.23. The molecule has 0 aliphatic carbocycles. The lowest BCUT2D eigenvalue weighted by molar-refractivity contribution is 0.161. The first kappa shape index (κ1) is 19.4. The van der Waals surface area contributed by atoms with Gasteiger partial charge in [0.2, 0.25) is 0 Å². The van der Waals surface area contributed by atoms with Crippen LogP contribution in [0.2, 0.25) is 0 Å². The molecule has 1 saturated heterocycles. The third kappa shape index (κ3) is 5.53. The van der Waals surface area contributed by atoms with Crippen molar-refractivity contribution in [2.24, 2.45) is 4.99 Å². The maximum absolute atomic E-state index is 5.37. The van der Waals surface area contributed by atoms with Crippen LogP contribution in [0.3, 0.4) is 0 Å². The SMILES string of the molecule is CCNC(=NCC1CCCCN1CC)Nc1ccc(OC)c(OC)c1. The maximum atomic E-state index is 5.37. The summed E-state index contributed by atoms with van der Waals surface area (Å²) in [6.07, 6.45) is 3.83. The van der Waals surface area contributed by atoms with Gasteiger partial charge in [-0.15, -0.1) is 0 Å². The fourth-order valence-electron chi connectivity index (χ4n) is 3.24. The summed E-state index contributed by atoms with van der Waals surface area (Å²) in [7, 11) is 3.28. The van der Waals surface area contributed by atoms with Crippen molar-refractivity contribution in [2.75, 3.05) is 45.7 Å². The molecule has 1 unspecified atom stereocenters. The molecule has 1 atom stereocenters. The summed E-state index contributed by atoms with van der Waals surface area (Å²) in [5.74, 6) is 2.22. The number of nitrogens with zero attached hydrogens (tertiary/aromatic N) is 2. The van der Waals surface area contributed by atoms with Gasteiger partial charge < -0.3 is 20.1 Å². The Labute approximate surface area is 151 Å². The molecule has 0 saturated carbocycles. The summed E-state index contributed by atoms with van der Waals surface area (Å²) < 4.78 is 10.7. The molecule has 1 fully saturated rings. The molecule has 2 rings (SSSR count). The van der Waals surface area contributed by atoms with Gasteiger partial charge in [0.25, 0.3) is 0 Å². The molecule has 0 spiro atoms. The molecule has 1 aromatic rings. The van der Waals surface area contributed by atoms with E-state index >= 15 is 0 Å². The predicted octanol–water partition coefficient (Wildman–Crippen LogP) is 2.96. The standard InChI is InChI=1S/C19H32N4O2/c1-5-20-19(21-14-16-9-7-8-12-23(16)6-2)22-15-10-11-17(24-3)18(13-15)25-4/h10-11,13,16H,5-9,12,14H2,1-4H3,(H2,20,21,22). The fraction of sp³-hybridized carbons (Fsp3) is 0.632. The summed E-state index contributed by atoms with van der Waals surface area (Å²) >= 11 is 0. The van der Waals surface area contributed by atoms with Crippen molar-refractivity contribution >= 4 is 11.6 Å². The van der Waals surface area contributed by atoms with Gasteiger partial charge in [-0.2, -0.15) is 0 Å². The minimum Gasteiger partial charge on any atom is -0.493 e. The molecular weight excluding hydrogens is 316 g/mol. The molecule has 6 heteroatoms. The number of likely N-dealkylation sites (N-methyl/N-ethyl adjacent to an activating group) is 1. The maximum Gasteiger partial charge on any atom is 0.195 e. The lowest BCUT2D eigenvalue weighted by Crippen LogP contribution is -2.42. The molecule has 1 aliphatic rings. The van der Waals surface area contributed by atoms with Crippen LogP contribution in [0.1, 0.15) is 33.1 Å². The Morgan fingerprint density at radius 2 is 2.00 bits per heavy atom. The Bertz CT molecular complexity index is 562. The number of anilines is 1. The highest BCUT2D eigenvalue weighted by molar-refractivity contribution is 5.93. The molecule has 6 nitrogen and oxygen atoms in total. The van der Waals surface area contributed by atoms with Crippen molar-refractivity contribution in [3.8, 4) is 11.5 Å². The zero-order valence-electron chi connectivity index (χ0n) is 16.0. The number of aliphatic imine (C=N–C) groups is 1. The largest absolute Gasteiger partial charge is 0.493 e. The molecule has 1 heterocycles. The molecular formula is C19H32N4O2. The van der Waals surface area contributed by atoms with Gasteiger partial charge in [0.05, 0.1) is 20.8 Å². The van der Waals surface area contributed by atoms with Crippen LogP contribution in [-0.2, 0) is 0 Å². The van der Waals surface area contributed by atoms with Gasteiger partial charge in [0.1, 0.15) is 0 Å². The van der Waals surface area contributed by atoms with Crippen LogP contribution >= 0.6 is 0 Å². The monoisotopic (exact) mass is 348 g/mol. The zero-order chi connectivity index (χ0) is 18.1. The molecule has 0 aromatic heterocycles. The van der Waals surface area contributed by atoms with Crippen LogP contribution in [0.15, 0.2) is 23.2 Å². The highest BCUT2D eigenvalue weighted by Gasteiger charge is 2.20. The van der Waals surface area contributed by atoms with Gasteiger partial charge in [0.15, 0.2) is 17.5 Å². The zero-order valence-corrected chi connectivity index (χ0v) is 16.0. The molecule has 25 heavy (non-hydrogen) atoms. The quantitative estimate of drug-likeness (QED) is 0.586. The number of hydrogen-bond acceptors (Lipinski definition) is 4. The van der Waals surface area contributed by atoms with E-state index in [-0.39, 0.29) is 0 Å². The Hall–Kier alpha value is -1.95. The van der Waals surface area contributed by atoms with E-state index in [0.29, 0.717) is 11.8 Å². The summed E-state index contributed by atoms with van der Waals surface area (Å²) in [5.41, 5.74) is 0.924. The van der Waals surface area contributed by atoms with Crippen LogP contribution in [0.4, 0.5) is 5.69 Å². The Morgan fingerprint density at radius 3 is 2.68 bits per heavy atom. The molecule has 1 aromatic carbocycles. The van der Waals surface area contributed by atoms with E-state index in [4.69, 9.17) is 14.5 Å². The van der Waals surface area contributed by atoms with Crippen molar-refractivity contribution in [3.05, 3.63) is 18.2 Å². The minimum atomic E-state index is 0.541. The van der Waals surface area contributed by atoms with E-state index in [1.807, 2.05) is 18.2 Å². The van der Waals surface area contributed by atoms with E-state index in [1.165, 1.54) is 25.8 Å². The van der Waals surface area contributed by atoms with Crippen LogP contribution < -0.4 is 20.1 Å². The smallest absolute Gasteiger partial charge is 0.195 e. The van der Waals surface area contributed by atoms with E-state index in [2.05, 4.69) is 29.4 Å². The molecule has 2 N–H and O–H groups in total. The summed E-state index contributed by atoms with van der Waals surface area (Å²) in [6.45, 7) is 8.23. The molecule has 0 bridgehead atoms. The van der Waals surface area contributed by atoms with E-state index in [1.54, 1.807) is 14.2 Å². The predicted molar refractivity (Wildman–Crippen MR) is 104 cm³/mol. The van der Waals surface area contributed by atoms with E-state index < -0.39 is 0 Å².